The molecule has 0 bridgehead atoms. The van der Waals surface area contributed by atoms with Crippen molar-refractivity contribution < 1.29 is 22.9 Å². The molecule has 1 N–H and O–H groups in total. The largest absolute Gasteiger partial charge is 0.416 e. The van der Waals surface area contributed by atoms with Crippen molar-refractivity contribution in [2.45, 2.75) is 19.1 Å². The molecule has 0 spiro atoms. The number of benzene rings is 2. The number of non-ortho nitro benzene ring substituents is 1. The maximum Gasteiger partial charge on any atom is 0.416 e. The molecule has 156 valence electrons. The van der Waals surface area contributed by atoms with Crippen LogP contribution in [0.3, 0.4) is 0 Å². The first-order valence-electron chi connectivity index (χ1n) is 8.28. The van der Waals surface area contributed by atoms with Crippen LogP contribution in [0.4, 0.5) is 24.5 Å². The van der Waals surface area contributed by atoms with Gasteiger partial charge >= 0.3 is 6.18 Å². The smallest absolute Gasteiger partial charge is 0.323 e. The number of nitro benzene ring substituents is 1. The number of tetrazole rings is 1. The van der Waals surface area contributed by atoms with Crippen LogP contribution in [0.1, 0.15) is 18.5 Å². The van der Waals surface area contributed by atoms with Gasteiger partial charge in [0, 0.05) is 17.7 Å². The monoisotopic (exact) mass is 440 g/mol. The predicted molar refractivity (Wildman–Crippen MR) is 99.7 cm³/mol. The van der Waals surface area contributed by atoms with E-state index in [2.05, 4.69) is 20.7 Å². The Morgan fingerprint density at radius 3 is 2.67 bits per heavy atom. The molecule has 0 aliphatic rings. The molecule has 1 atom stereocenters. The Balaban J connectivity index is 1.80. The van der Waals surface area contributed by atoms with Crippen LogP contribution in [0.5, 0.6) is 0 Å². The SMILES string of the molecule is CC(C(=O)Nc1cc([N+](=O)[O-])ccc1Cl)n1nnc(-c2cccc(C(F)(F)F)c2)n1. The van der Waals surface area contributed by atoms with Gasteiger partial charge in [-0.15, -0.1) is 10.2 Å². The lowest BCUT2D eigenvalue weighted by Gasteiger charge is -2.11. The van der Waals surface area contributed by atoms with Crippen molar-refractivity contribution in [1.82, 2.24) is 20.2 Å². The Bertz CT molecular complexity index is 1120. The van der Waals surface area contributed by atoms with Gasteiger partial charge in [0.1, 0.15) is 6.04 Å². The Hall–Kier alpha value is -3.54. The summed E-state index contributed by atoms with van der Waals surface area (Å²) in [5, 5.41) is 24.7. The summed E-state index contributed by atoms with van der Waals surface area (Å²) in [7, 11) is 0. The van der Waals surface area contributed by atoms with Crippen molar-refractivity contribution in [3.63, 3.8) is 0 Å². The number of amides is 1. The molecule has 0 aliphatic carbocycles. The van der Waals surface area contributed by atoms with Gasteiger partial charge in [-0.25, -0.2) is 0 Å². The summed E-state index contributed by atoms with van der Waals surface area (Å²) in [6.45, 7) is 1.41. The van der Waals surface area contributed by atoms with E-state index in [0.717, 1.165) is 23.0 Å². The maximum atomic E-state index is 12.9. The number of anilines is 1. The first-order chi connectivity index (χ1) is 14.1. The number of aromatic nitrogens is 4. The number of carbonyl (C=O) groups excluding carboxylic acids is 1. The lowest BCUT2D eigenvalue weighted by Crippen LogP contribution is -2.25. The highest BCUT2D eigenvalue weighted by Gasteiger charge is 2.31. The molecule has 30 heavy (non-hydrogen) atoms. The number of nitro groups is 1. The van der Waals surface area contributed by atoms with Crippen LogP contribution in [0.2, 0.25) is 5.02 Å². The van der Waals surface area contributed by atoms with Gasteiger partial charge in [-0.3, -0.25) is 14.9 Å². The standard InChI is InChI=1S/C17H12ClF3N6O3/c1-9(16(28)22-14-8-12(27(29)30)5-6-13(14)18)26-24-15(23-25-26)10-3-2-4-11(7-10)17(19,20)21/h2-9H,1H3,(H,22,28). The zero-order valence-corrected chi connectivity index (χ0v) is 15.8. The van der Waals surface area contributed by atoms with E-state index >= 15 is 0 Å². The van der Waals surface area contributed by atoms with Gasteiger partial charge in [-0.05, 0) is 30.3 Å². The van der Waals surface area contributed by atoms with Crippen molar-refractivity contribution in [3.05, 3.63) is 63.2 Å². The quantitative estimate of drug-likeness (QED) is 0.471. The fourth-order valence-electron chi connectivity index (χ4n) is 2.40. The first kappa shape index (κ1) is 21.2. The summed E-state index contributed by atoms with van der Waals surface area (Å²) >= 11 is 5.95. The Kier molecular flexibility index (Phi) is 5.69. The Morgan fingerprint density at radius 2 is 2.00 bits per heavy atom. The van der Waals surface area contributed by atoms with Gasteiger partial charge < -0.3 is 5.32 Å². The van der Waals surface area contributed by atoms with Gasteiger partial charge in [0.15, 0.2) is 0 Å². The Morgan fingerprint density at radius 1 is 1.27 bits per heavy atom. The third-order valence-corrected chi connectivity index (χ3v) is 4.35. The lowest BCUT2D eigenvalue weighted by molar-refractivity contribution is -0.384. The van der Waals surface area contributed by atoms with Crippen molar-refractivity contribution in [3.8, 4) is 11.4 Å². The minimum Gasteiger partial charge on any atom is -0.323 e. The van der Waals surface area contributed by atoms with Crippen LogP contribution < -0.4 is 5.32 Å². The van der Waals surface area contributed by atoms with Crippen molar-refractivity contribution in [1.29, 1.82) is 0 Å². The number of rotatable bonds is 5. The third-order valence-electron chi connectivity index (χ3n) is 4.02. The summed E-state index contributed by atoms with van der Waals surface area (Å²) in [5.41, 5.74) is -1.05. The Labute approximate surface area is 171 Å². The lowest BCUT2D eigenvalue weighted by atomic mass is 10.1. The van der Waals surface area contributed by atoms with E-state index in [1.807, 2.05) is 0 Å². The van der Waals surface area contributed by atoms with Gasteiger partial charge in [0.05, 0.1) is 21.2 Å². The van der Waals surface area contributed by atoms with Crippen LogP contribution in [0.25, 0.3) is 11.4 Å². The molecule has 13 heteroatoms. The minimum absolute atomic E-state index is 0.0148. The van der Waals surface area contributed by atoms with Gasteiger partial charge in [0.2, 0.25) is 5.82 Å². The molecule has 0 saturated heterocycles. The molecule has 1 heterocycles. The molecule has 0 saturated carbocycles. The fraction of sp³-hybridized carbons (Fsp3) is 0.176. The molecular weight excluding hydrogens is 429 g/mol. The normalized spacial score (nSPS) is 12.4. The second kappa shape index (κ2) is 8.06. The second-order valence-corrected chi connectivity index (χ2v) is 6.51. The number of hydrogen-bond donors (Lipinski definition) is 1. The van der Waals surface area contributed by atoms with Gasteiger partial charge in [-0.2, -0.15) is 18.0 Å². The number of nitrogens with one attached hydrogen (secondary N) is 1. The molecule has 3 aromatic rings. The summed E-state index contributed by atoms with van der Waals surface area (Å²) in [6, 6.07) is 6.87. The number of hydrogen-bond acceptors (Lipinski definition) is 6. The molecule has 2 aromatic carbocycles. The van der Waals surface area contributed by atoms with Crippen LogP contribution >= 0.6 is 11.6 Å². The second-order valence-electron chi connectivity index (χ2n) is 6.10. The summed E-state index contributed by atoms with van der Waals surface area (Å²) in [6.07, 6.45) is -4.53. The topological polar surface area (TPSA) is 116 Å². The zero-order valence-electron chi connectivity index (χ0n) is 15.1. The summed E-state index contributed by atoms with van der Waals surface area (Å²) in [4.78, 5) is 23.6. The first-order valence-corrected chi connectivity index (χ1v) is 8.66. The van der Waals surface area contributed by atoms with Gasteiger partial charge in [0.25, 0.3) is 11.6 Å². The molecule has 1 aromatic heterocycles. The van der Waals surface area contributed by atoms with Crippen LogP contribution in [-0.4, -0.2) is 31.0 Å². The summed E-state index contributed by atoms with van der Waals surface area (Å²) in [5.74, 6) is -0.764. The zero-order chi connectivity index (χ0) is 22.1. The maximum absolute atomic E-state index is 12.9. The molecular formula is C17H12ClF3N6O3. The molecule has 9 nitrogen and oxygen atoms in total. The van der Waals surface area contributed by atoms with E-state index in [9.17, 15) is 28.1 Å². The van der Waals surface area contributed by atoms with Crippen LogP contribution in [-0.2, 0) is 11.0 Å². The van der Waals surface area contributed by atoms with Crippen molar-refractivity contribution in [2.24, 2.45) is 0 Å². The highest BCUT2D eigenvalue weighted by Crippen LogP contribution is 2.31. The van der Waals surface area contributed by atoms with E-state index in [-0.39, 0.29) is 27.8 Å². The number of halogens is 4. The van der Waals surface area contributed by atoms with E-state index in [1.165, 1.54) is 31.2 Å². The minimum atomic E-state index is -4.53. The average molecular weight is 441 g/mol. The molecule has 1 unspecified atom stereocenters. The van der Waals surface area contributed by atoms with Crippen LogP contribution in [0.15, 0.2) is 42.5 Å². The van der Waals surface area contributed by atoms with Crippen molar-refractivity contribution in [2.75, 3.05) is 5.32 Å². The average Bonchev–Trinajstić information content (AvgIpc) is 3.18. The van der Waals surface area contributed by atoms with E-state index in [1.54, 1.807) is 0 Å². The van der Waals surface area contributed by atoms with Gasteiger partial charge in [-0.1, -0.05) is 23.7 Å². The van der Waals surface area contributed by atoms with Crippen LogP contribution in [0, 0.1) is 10.1 Å². The van der Waals surface area contributed by atoms with E-state index in [4.69, 9.17) is 11.6 Å². The highest BCUT2D eigenvalue weighted by atomic mass is 35.5. The van der Waals surface area contributed by atoms with E-state index < -0.39 is 28.6 Å². The third kappa shape index (κ3) is 4.54. The predicted octanol–water partition coefficient (Wildman–Crippen LogP) is 4.12. The number of nitrogens with zero attached hydrogens (tertiary/aromatic N) is 5. The molecule has 3 rings (SSSR count). The molecule has 1 amide bonds. The number of carbonyl (C=O) groups is 1. The molecule has 0 fully saturated rings. The fourth-order valence-corrected chi connectivity index (χ4v) is 2.57. The summed E-state index contributed by atoms with van der Waals surface area (Å²) < 4.78 is 38.6. The number of alkyl halides is 3. The van der Waals surface area contributed by atoms with Crippen molar-refractivity contribution >= 4 is 28.9 Å². The molecule has 0 radical (unpaired) electrons. The van der Waals surface area contributed by atoms with E-state index in [0.29, 0.717) is 0 Å². The molecule has 0 aliphatic heterocycles. The highest BCUT2D eigenvalue weighted by molar-refractivity contribution is 6.33.